The summed E-state index contributed by atoms with van der Waals surface area (Å²) in [5.41, 5.74) is -0.564. The Balaban J connectivity index is 3.11. The van der Waals surface area contributed by atoms with Gasteiger partial charge in [-0.15, -0.1) is 0 Å². The lowest BCUT2D eigenvalue weighted by atomic mass is 10.1. The number of halogens is 3. The Labute approximate surface area is 129 Å². The van der Waals surface area contributed by atoms with Crippen molar-refractivity contribution < 1.29 is 37.3 Å². The number of rotatable bonds is 5. The molecule has 2 amide bonds. The van der Waals surface area contributed by atoms with Crippen LogP contribution >= 0.6 is 0 Å². The molecule has 0 aliphatic rings. The second kappa shape index (κ2) is 7.07. The number of aromatic carboxylic acids is 1. The first-order valence-corrected chi connectivity index (χ1v) is 6.17. The Morgan fingerprint density at radius 3 is 2.17 bits per heavy atom. The first-order valence-electron chi connectivity index (χ1n) is 6.17. The molecule has 128 valence electrons. The summed E-state index contributed by atoms with van der Waals surface area (Å²) < 4.78 is 46.7. The molecule has 0 unspecified atom stereocenters. The summed E-state index contributed by atoms with van der Waals surface area (Å²) in [6, 6.07) is 1.14. The minimum Gasteiger partial charge on any atom is -0.493 e. The third-order valence-corrected chi connectivity index (χ3v) is 2.76. The van der Waals surface area contributed by atoms with Gasteiger partial charge in [0.15, 0.2) is 11.5 Å². The van der Waals surface area contributed by atoms with E-state index in [1.54, 1.807) is 0 Å². The van der Waals surface area contributed by atoms with Crippen molar-refractivity contribution >= 4 is 17.7 Å². The molecule has 1 rings (SSSR count). The van der Waals surface area contributed by atoms with Crippen LogP contribution < -0.4 is 14.8 Å². The van der Waals surface area contributed by atoms with Crippen molar-refractivity contribution in [3.8, 4) is 11.5 Å². The van der Waals surface area contributed by atoms with E-state index in [0.29, 0.717) is 4.90 Å². The molecule has 0 saturated heterocycles. The van der Waals surface area contributed by atoms with Gasteiger partial charge in [-0.3, -0.25) is 0 Å². The minimum absolute atomic E-state index is 0.103. The van der Waals surface area contributed by atoms with Gasteiger partial charge in [-0.2, -0.15) is 13.2 Å². The largest absolute Gasteiger partial charge is 0.493 e. The quantitative estimate of drug-likeness (QED) is 0.862. The summed E-state index contributed by atoms with van der Waals surface area (Å²) in [6.45, 7) is -1.48. The van der Waals surface area contributed by atoms with E-state index in [4.69, 9.17) is 14.6 Å². The molecule has 1 aromatic carbocycles. The molecule has 0 aliphatic heterocycles. The molecule has 0 saturated carbocycles. The van der Waals surface area contributed by atoms with E-state index in [9.17, 15) is 22.8 Å². The van der Waals surface area contributed by atoms with Gasteiger partial charge in [0, 0.05) is 19.2 Å². The molecule has 0 aromatic heterocycles. The number of amides is 2. The van der Waals surface area contributed by atoms with Gasteiger partial charge >= 0.3 is 18.2 Å². The zero-order valence-electron chi connectivity index (χ0n) is 12.5. The van der Waals surface area contributed by atoms with Crippen LogP contribution in [0.4, 0.5) is 23.7 Å². The van der Waals surface area contributed by atoms with Crippen molar-refractivity contribution in [3.05, 3.63) is 17.7 Å². The third-order valence-electron chi connectivity index (χ3n) is 2.76. The van der Waals surface area contributed by atoms with Crippen molar-refractivity contribution in [2.45, 2.75) is 6.18 Å². The van der Waals surface area contributed by atoms with Crippen LogP contribution in [0.3, 0.4) is 0 Å². The van der Waals surface area contributed by atoms with E-state index in [-0.39, 0.29) is 22.7 Å². The summed E-state index contributed by atoms with van der Waals surface area (Å²) in [5, 5.41) is 11.3. The Kier molecular flexibility index (Phi) is 5.66. The highest BCUT2D eigenvalue weighted by Gasteiger charge is 2.31. The molecule has 0 radical (unpaired) electrons. The molecule has 0 bridgehead atoms. The highest BCUT2D eigenvalue weighted by molar-refractivity contribution is 6.01. The number of urea groups is 1. The summed E-state index contributed by atoms with van der Waals surface area (Å²) in [5.74, 6) is -1.17. The molecule has 0 fully saturated rings. The lowest BCUT2D eigenvalue weighted by molar-refractivity contribution is -0.137. The first kappa shape index (κ1) is 18.4. The van der Waals surface area contributed by atoms with Gasteiger partial charge in [-0.25, -0.2) is 9.59 Å². The predicted molar refractivity (Wildman–Crippen MR) is 74.2 cm³/mol. The Morgan fingerprint density at radius 2 is 1.74 bits per heavy atom. The minimum atomic E-state index is -4.57. The number of hydrogen-bond acceptors (Lipinski definition) is 4. The number of carbonyl (C=O) groups is 2. The van der Waals surface area contributed by atoms with E-state index in [1.165, 1.54) is 14.2 Å². The number of carboxylic acid groups (broad SMARTS) is 1. The van der Waals surface area contributed by atoms with Crippen molar-refractivity contribution in [2.24, 2.45) is 0 Å². The second-order valence-electron chi connectivity index (χ2n) is 4.46. The first-order chi connectivity index (χ1) is 10.6. The summed E-state index contributed by atoms with van der Waals surface area (Å²) in [7, 11) is 3.52. The SMILES string of the molecule is COc1cc(NC(=O)N(C)CC(F)(F)F)c(C(=O)O)cc1OC. The number of carboxylic acids is 1. The number of methoxy groups -OCH3 is 2. The highest BCUT2D eigenvalue weighted by Crippen LogP contribution is 2.33. The number of nitrogens with one attached hydrogen (secondary N) is 1. The van der Waals surface area contributed by atoms with Gasteiger partial charge in [0.2, 0.25) is 0 Å². The fraction of sp³-hybridized carbons (Fsp3) is 0.385. The van der Waals surface area contributed by atoms with Crippen LogP contribution in [-0.2, 0) is 0 Å². The van der Waals surface area contributed by atoms with Crippen LogP contribution in [0.25, 0.3) is 0 Å². The van der Waals surface area contributed by atoms with Crippen molar-refractivity contribution in [1.82, 2.24) is 4.90 Å². The topological polar surface area (TPSA) is 88.1 Å². The van der Waals surface area contributed by atoms with E-state index in [2.05, 4.69) is 5.32 Å². The van der Waals surface area contributed by atoms with Crippen molar-refractivity contribution in [3.63, 3.8) is 0 Å². The smallest absolute Gasteiger partial charge is 0.406 e. The van der Waals surface area contributed by atoms with E-state index < -0.39 is 24.7 Å². The van der Waals surface area contributed by atoms with Crippen molar-refractivity contribution in [2.75, 3.05) is 33.1 Å². The maximum absolute atomic E-state index is 12.3. The zero-order valence-corrected chi connectivity index (χ0v) is 12.5. The molecule has 0 spiro atoms. The number of anilines is 1. The average molecular weight is 336 g/mol. The summed E-state index contributed by atoms with van der Waals surface area (Å²) >= 11 is 0. The fourth-order valence-electron chi connectivity index (χ4n) is 1.71. The molecule has 10 heteroatoms. The van der Waals surface area contributed by atoms with Gasteiger partial charge in [0.1, 0.15) is 6.54 Å². The second-order valence-corrected chi connectivity index (χ2v) is 4.46. The van der Waals surface area contributed by atoms with Crippen LogP contribution in [0.15, 0.2) is 12.1 Å². The number of hydrogen-bond donors (Lipinski definition) is 2. The average Bonchev–Trinajstić information content (AvgIpc) is 2.44. The molecule has 7 nitrogen and oxygen atoms in total. The van der Waals surface area contributed by atoms with Crippen LogP contribution in [0.5, 0.6) is 11.5 Å². The molecule has 23 heavy (non-hydrogen) atoms. The fourth-order valence-corrected chi connectivity index (χ4v) is 1.71. The number of nitrogens with zero attached hydrogens (tertiary/aromatic N) is 1. The molecule has 0 atom stereocenters. The van der Waals surface area contributed by atoms with Gasteiger partial charge in [0.05, 0.1) is 25.5 Å². The van der Waals surface area contributed by atoms with Gasteiger partial charge in [-0.05, 0) is 0 Å². The molecule has 1 aromatic rings. The maximum atomic E-state index is 12.3. The number of ether oxygens (including phenoxy) is 2. The highest BCUT2D eigenvalue weighted by atomic mass is 19.4. The normalized spacial score (nSPS) is 10.9. The predicted octanol–water partition coefficient (Wildman–Crippen LogP) is 2.43. The summed E-state index contributed by atoms with van der Waals surface area (Å²) in [4.78, 5) is 23.4. The molecule has 2 N–H and O–H groups in total. The monoisotopic (exact) mass is 336 g/mol. The summed E-state index contributed by atoms with van der Waals surface area (Å²) in [6.07, 6.45) is -4.57. The Hall–Kier alpha value is -2.65. The Morgan fingerprint density at radius 1 is 1.22 bits per heavy atom. The number of carbonyl (C=O) groups excluding carboxylic acids is 1. The van der Waals surface area contributed by atoms with Crippen molar-refractivity contribution in [1.29, 1.82) is 0 Å². The lowest BCUT2D eigenvalue weighted by Crippen LogP contribution is -2.38. The van der Waals surface area contributed by atoms with E-state index in [1.807, 2.05) is 0 Å². The van der Waals surface area contributed by atoms with E-state index in [0.717, 1.165) is 19.2 Å². The van der Waals surface area contributed by atoms with Crippen LogP contribution in [0, 0.1) is 0 Å². The zero-order chi connectivity index (χ0) is 17.8. The number of alkyl halides is 3. The molecule has 0 heterocycles. The number of benzene rings is 1. The maximum Gasteiger partial charge on any atom is 0.406 e. The Bertz CT molecular complexity index is 604. The lowest BCUT2D eigenvalue weighted by Gasteiger charge is -2.20. The van der Waals surface area contributed by atoms with E-state index >= 15 is 0 Å². The van der Waals surface area contributed by atoms with Crippen LogP contribution in [-0.4, -0.2) is 56.0 Å². The molecular formula is C13H15F3N2O5. The van der Waals surface area contributed by atoms with Gasteiger partial charge in [0.25, 0.3) is 0 Å². The standard InChI is InChI=1S/C13H15F3N2O5/c1-18(6-13(14,15)16)12(21)17-8-5-10(23-3)9(22-2)4-7(8)11(19)20/h4-5H,6H2,1-3H3,(H,17,21)(H,19,20). The molecular weight excluding hydrogens is 321 g/mol. The molecule has 0 aliphatic carbocycles. The van der Waals surface area contributed by atoms with Crippen LogP contribution in [0.2, 0.25) is 0 Å². The third kappa shape index (κ3) is 4.94. The van der Waals surface area contributed by atoms with Crippen LogP contribution in [0.1, 0.15) is 10.4 Å². The van der Waals surface area contributed by atoms with Gasteiger partial charge in [-0.1, -0.05) is 0 Å². The van der Waals surface area contributed by atoms with Gasteiger partial charge < -0.3 is 24.8 Å².